The maximum Gasteiger partial charge on any atom is 0.472 e. The second-order valence-electron chi connectivity index (χ2n) is 13.8. The zero-order chi connectivity index (χ0) is 36.8. The van der Waals surface area contributed by atoms with E-state index in [2.05, 4.69) is 55.6 Å². The summed E-state index contributed by atoms with van der Waals surface area (Å²) in [7, 11) is -4.31. The van der Waals surface area contributed by atoms with Gasteiger partial charge in [-0.25, -0.2) is 4.57 Å². The number of rotatable bonds is 38. The molecule has 0 saturated heterocycles. The van der Waals surface area contributed by atoms with Gasteiger partial charge < -0.3 is 21.1 Å². The smallest absolute Gasteiger partial charge is 0.391 e. The lowest BCUT2D eigenvalue weighted by atomic mass is 10.0. The van der Waals surface area contributed by atoms with E-state index in [1.807, 2.05) is 0 Å². The fourth-order valence-electron chi connectivity index (χ4n) is 5.92. The number of allylic oxidation sites excluding steroid dienone is 6. The number of carbonyl (C=O) groups excluding carboxylic acids is 1. The molecular weight excluding hydrogens is 647 g/mol. The highest BCUT2D eigenvalue weighted by Gasteiger charge is 2.27. The number of aliphatic hydroxyl groups is 1. The van der Waals surface area contributed by atoms with Gasteiger partial charge in [-0.3, -0.25) is 13.8 Å². The molecule has 0 aliphatic carbocycles. The normalized spacial score (nSPS) is 14.6. The maximum atomic E-state index is 12.7. The molecule has 9 heteroatoms. The molecular formula is C41H79N2O6P. The lowest BCUT2D eigenvalue weighted by Crippen LogP contribution is -2.46. The Hall–Kier alpha value is -1.28. The molecule has 0 aliphatic rings. The zero-order valence-corrected chi connectivity index (χ0v) is 33.3. The summed E-state index contributed by atoms with van der Waals surface area (Å²) < 4.78 is 22.1. The molecule has 50 heavy (non-hydrogen) atoms. The summed E-state index contributed by atoms with van der Waals surface area (Å²) in [5.74, 6) is -0.173. The average Bonchev–Trinajstić information content (AvgIpc) is 3.10. The van der Waals surface area contributed by atoms with Crippen LogP contribution in [0.2, 0.25) is 0 Å². The third-order valence-electron chi connectivity index (χ3n) is 9.01. The highest BCUT2D eigenvalue weighted by atomic mass is 31.2. The van der Waals surface area contributed by atoms with Crippen LogP contribution in [0.15, 0.2) is 36.5 Å². The Labute approximate surface area is 308 Å². The lowest BCUT2D eigenvalue weighted by Gasteiger charge is -2.25. The minimum atomic E-state index is -4.31. The Balaban J connectivity index is 4.21. The van der Waals surface area contributed by atoms with Gasteiger partial charge in [0.25, 0.3) is 0 Å². The zero-order valence-electron chi connectivity index (χ0n) is 32.4. The van der Waals surface area contributed by atoms with Crippen molar-refractivity contribution in [1.29, 1.82) is 0 Å². The highest BCUT2D eigenvalue weighted by molar-refractivity contribution is 7.47. The lowest BCUT2D eigenvalue weighted by molar-refractivity contribution is -0.123. The van der Waals surface area contributed by atoms with E-state index in [0.717, 1.165) is 64.2 Å². The van der Waals surface area contributed by atoms with Crippen LogP contribution in [0.1, 0.15) is 187 Å². The predicted octanol–water partition coefficient (Wildman–Crippen LogP) is 11.2. The highest BCUT2D eigenvalue weighted by Crippen LogP contribution is 2.43. The Bertz CT molecular complexity index is 881. The summed E-state index contributed by atoms with van der Waals surface area (Å²) in [6.07, 6.45) is 42.9. The number of phosphoric acid groups is 1. The van der Waals surface area contributed by atoms with Gasteiger partial charge in [0.15, 0.2) is 0 Å². The molecule has 0 aromatic rings. The van der Waals surface area contributed by atoms with Crippen LogP contribution in [0, 0.1) is 0 Å². The van der Waals surface area contributed by atoms with Gasteiger partial charge in [0, 0.05) is 13.0 Å². The largest absolute Gasteiger partial charge is 0.472 e. The van der Waals surface area contributed by atoms with Gasteiger partial charge in [0.2, 0.25) is 5.91 Å². The quantitative estimate of drug-likeness (QED) is 0.0283. The van der Waals surface area contributed by atoms with Crippen LogP contribution in [0.4, 0.5) is 0 Å². The predicted molar refractivity (Wildman–Crippen MR) is 212 cm³/mol. The van der Waals surface area contributed by atoms with Crippen molar-refractivity contribution < 1.29 is 28.4 Å². The number of aliphatic hydroxyl groups excluding tert-OH is 1. The second-order valence-corrected chi connectivity index (χ2v) is 15.3. The van der Waals surface area contributed by atoms with Gasteiger partial charge >= 0.3 is 7.82 Å². The number of nitrogens with one attached hydrogen (secondary N) is 1. The van der Waals surface area contributed by atoms with Gasteiger partial charge in [-0.1, -0.05) is 172 Å². The molecule has 0 fully saturated rings. The van der Waals surface area contributed by atoms with Crippen LogP contribution >= 0.6 is 7.82 Å². The van der Waals surface area contributed by atoms with Gasteiger partial charge in [-0.2, -0.15) is 0 Å². The average molecular weight is 727 g/mol. The summed E-state index contributed by atoms with van der Waals surface area (Å²) in [5.41, 5.74) is 5.37. The molecule has 0 aromatic heterocycles. The Morgan fingerprint density at radius 1 is 0.680 bits per heavy atom. The van der Waals surface area contributed by atoms with Gasteiger partial charge in [-0.05, 0) is 44.9 Å². The molecule has 0 rings (SSSR count). The number of phosphoric ester groups is 1. The molecule has 0 radical (unpaired) electrons. The molecule has 3 atom stereocenters. The van der Waals surface area contributed by atoms with Crippen molar-refractivity contribution in [2.75, 3.05) is 19.8 Å². The number of hydrogen-bond donors (Lipinski definition) is 4. The molecule has 8 nitrogen and oxygen atoms in total. The molecule has 0 aromatic carbocycles. The van der Waals surface area contributed by atoms with Gasteiger partial charge in [0.1, 0.15) is 0 Å². The van der Waals surface area contributed by atoms with Crippen LogP contribution in [0.25, 0.3) is 0 Å². The van der Waals surface area contributed by atoms with E-state index >= 15 is 0 Å². The van der Waals surface area contributed by atoms with E-state index in [-0.39, 0.29) is 25.7 Å². The minimum Gasteiger partial charge on any atom is -0.391 e. The minimum absolute atomic E-state index is 0.0863. The fraction of sp³-hybridized carbons (Fsp3) is 0.829. The first kappa shape index (κ1) is 48.7. The van der Waals surface area contributed by atoms with Gasteiger partial charge in [0.05, 0.1) is 25.4 Å². The summed E-state index contributed by atoms with van der Waals surface area (Å²) in [5, 5.41) is 13.8. The maximum absolute atomic E-state index is 12.7. The molecule has 0 heterocycles. The van der Waals surface area contributed by atoms with E-state index in [9.17, 15) is 19.4 Å². The summed E-state index contributed by atoms with van der Waals surface area (Å²) in [6.45, 7) is 4.08. The van der Waals surface area contributed by atoms with E-state index in [4.69, 9.17) is 14.8 Å². The van der Waals surface area contributed by atoms with E-state index in [0.29, 0.717) is 12.8 Å². The topological polar surface area (TPSA) is 131 Å². The van der Waals surface area contributed by atoms with Crippen LogP contribution in [-0.4, -0.2) is 47.8 Å². The molecule has 3 unspecified atom stereocenters. The number of nitrogens with two attached hydrogens (primary N) is 1. The summed E-state index contributed by atoms with van der Waals surface area (Å²) in [6, 6.07) is -0.778. The second kappa shape index (κ2) is 37.5. The van der Waals surface area contributed by atoms with Gasteiger partial charge in [-0.15, -0.1) is 0 Å². The van der Waals surface area contributed by atoms with Crippen molar-refractivity contribution in [2.24, 2.45) is 5.73 Å². The number of unbranched alkanes of at least 4 members (excludes halogenated alkanes) is 20. The summed E-state index contributed by atoms with van der Waals surface area (Å²) in [4.78, 5) is 22.7. The first-order valence-corrected chi connectivity index (χ1v) is 22.1. The monoisotopic (exact) mass is 727 g/mol. The van der Waals surface area contributed by atoms with Crippen molar-refractivity contribution in [3.05, 3.63) is 36.5 Å². The molecule has 294 valence electrons. The van der Waals surface area contributed by atoms with Crippen molar-refractivity contribution >= 4 is 13.7 Å². The fourth-order valence-corrected chi connectivity index (χ4v) is 6.67. The molecule has 0 aliphatic heterocycles. The summed E-state index contributed by atoms with van der Waals surface area (Å²) >= 11 is 0. The van der Waals surface area contributed by atoms with Crippen molar-refractivity contribution in [2.45, 2.75) is 199 Å². The van der Waals surface area contributed by atoms with E-state index in [1.54, 1.807) is 0 Å². The van der Waals surface area contributed by atoms with Crippen LogP contribution < -0.4 is 11.1 Å². The van der Waals surface area contributed by atoms with E-state index < -0.39 is 20.0 Å². The van der Waals surface area contributed by atoms with Crippen molar-refractivity contribution in [3.63, 3.8) is 0 Å². The Kier molecular flexibility index (Phi) is 36.5. The van der Waals surface area contributed by atoms with Crippen LogP contribution in [0.3, 0.4) is 0 Å². The SMILES string of the molecule is CC/C=C\C/C=C\C/C=C\CCCCCCCCCC(=O)NC(COP(=O)(O)OCCN)C(O)CCCCCCCCCCCCCCCC. The van der Waals surface area contributed by atoms with Crippen LogP contribution in [-0.2, 0) is 18.4 Å². The van der Waals surface area contributed by atoms with E-state index in [1.165, 1.54) is 96.3 Å². The van der Waals surface area contributed by atoms with Crippen LogP contribution in [0.5, 0.6) is 0 Å². The standard InChI is InChI=1S/C41H79N2O6P/c1-3-5-7-9-11-13-15-17-19-20-21-23-25-27-29-31-33-35-41(45)43-39(38-49-50(46,47)48-37-36-42)40(44)34-32-30-28-26-24-22-18-16-14-12-10-8-6-4-2/h5,7,11,13,17,19,39-40,44H,3-4,6,8-10,12,14-16,18,20-38,42H2,1-2H3,(H,43,45)(H,46,47)/b7-5-,13-11-,19-17-. The Morgan fingerprint density at radius 3 is 1.70 bits per heavy atom. The number of amides is 1. The van der Waals surface area contributed by atoms with Crippen molar-refractivity contribution in [3.8, 4) is 0 Å². The molecule has 5 N–H and O–H groups in total. The number of carbonyl (C=O) groups is 1. The molecule has 0 spiro atoms. The molecule has 1 amide bonds. The first-order chi connectivity index (χ1) is 24.4. The van der Waals surface area contributed by atoms with Crippen molar-refractivity contribution in [1.82, 2.24) is 5.32 Å². The third-order valence-corrected chi connectivity index (χ3v) is 9.99. The third kappa shape index (κ3) is 35.1. The molecule has 0 bridgehead atoms. The number of hydrogen-bond acceptors (Lipinski definition) is 6. The molecule has 0 saturated carbocycles. The Morgan fingerprint density at radius 2 is 1.16 bits per heavy atom. The first-order valence-electron chi connectivity index (χ1n) is 20.6.